The first-order valence-corrected chi connectivity index (χ1v) is 8.65. The Morgan fingerprint density at radius 3 is 2.19 bits per heavy atom. The first-order chi connectivity index (χ1) is 9.88. The number of hydrogen-bond donors (Lipinski definition) is 1. The number of likely N-dealkylation sites (tertiary alicyclic amines) is 1. The van der Waals surface area contributed by atoms with Gasteiger partial charge in [-0.1, -0.05) is 27.7 Å². The van der Waals surface area contributed by atoms with Crippen molar-refractivity contribution in [1.29, 1.82) is 0 Å². The van der Waals surface area contributed by atoms with Crippen LogP contribution in [0.5, 0.6) is 0 Å². The summed E-state index contributed by atoms with van der Waals surface area (Å²) in [6.45, 7) is 11.1. The molecule has 4 nitrogen and oxygen atoms in total. The third-order valence-corrected chi connectivity index (χ3v) is 4.77. The van der Waals surface area contributed by atoms with Crippen LogP contribution in [0.4, 0.5) is 0 Å². The maximum Gasteiger partial charge on any atom is 0.241 e. The fraction of sp³-hybridized carbons (Fsp3) is 0.941. The zero-order valence-corrected chi connectivity index (χ0v) is 14.4. The maximum absolute atomic E-state index is 12.9. The van der Waals surface area contributed by atoms with Gasteiger partial charge in [0.05, 0.1) is 12.2 Å². The third-order valence-electron chi connectivity index (χ3n) is 4.77. The number of carbonyl (C=O) groups excluding carboxylic acids is 1. The zero-order chi connectivity index (χ0) is 15.6. The molecule has 0 aliphatic carbocycles. The number of amides is 1. The van der Waals surface area contributed by atoms with E-state index < -0.39 is 0 Å². The lowest BCUT2D eigenvalue weighted by atomic mass is 10.00. The smallest absolute Gasteiger partial charge is 0.241 e. The fourth-order valence-corrected chi connectivity index (χ4v) is 3.69. The van der Waals surface area contributed by atoms with Crippen LogP contribution in [0.1, 0.15) is 53.4 Å². The van der Waals surface area contributed by atoms with Crippen molar-refractivity contribution in [3.8, 4) is 0 Å². The molecule has 2 unspecified atom stereocenters. The van der Waals surface area contributed by atoms with Gasteiger partial charge in [0.15, 0.2) is 0 Å². The molecule has 2 saturated heterocycles. The second kappa shape index (κ2) is 7.10. The average Bonchev–Trinajstić information content (AvgIpc) is 2.66. The number of carbonyl (C=O) groups is 1. The highest BCUT2D eigenvalue weighted by atomic mass is 16.2. The number of rotatable bonds is 5. The van der Waals surface area contributed by atoms with E-state index in [1.807, 2.05) is 0 Å². The predicted molar refractivity (Wildman–Crippen MR) is 87.0 cm³/mol. The fourth-order valence-electron chi connectivity index (χ4n) is 3.69. The molecule has 2 fully saturated rings. The van der Waals surface area contributed by atoms with Crippen LogP contribution < -0.4 is 5.32 Å². The highest BCUT2D eigenvalue weighted by molar-refractivity contribution is 5.84. The third kappa shape index (κ3) is 4.19. The summed E-state index contributed by atoms with van der Waals surface area (Å²) in [5, 5.41) is 3.62. The Bertz CT molecular complexity index is 348. The Labute approximate surface area is 130 Å². The van der Waals surface area contributed by atoms with Crippen LogP contribution in [0.3, 0.4) is 0 Å². The molecule has 1 amide bonds. The summed E-state index contributed by atoms with van der Waals surface area (Å²) in [6, 6.07) is 0.468. The van der Waals surface area contributed by atoms with Gasteiger partial charge in [-0.15, -0.1) is 0 Å². The largest absolute Gasteiger partial charge is 0.323 e. The van der Waals surface area contributed by atoms with Gasteiger partial charge < -0.3 is 9.80 Å². The van der Waals surface area contributed by atoms with Gasteiger partial charge in [-0.2, -0.15) is 0 Å². The molecule has 1 N–H and O–H groups in total. The molecule has 2 rings (SSSR count). The van der Waals surface area contributed by atoms with Crippen LogP contribution >= 0.6 is 0 Å². The Kier molecular flexibility index (Phi) is 5.67. The molecule has 0 aromatic heterocycles. The Morgan fingerprint density at radius 2 is 1.67 bits per heavy atom. The van der Waals surface area contributed by atoms with Gasteiger partial charge in [-0.3, -0.25) is 10.1 Å². The number of piperidine rings is 1. The first kappa shape index (κ1) is 16.8. The molecule has 0 spiro atoms. The van der Waals surface area contributed by atoms with E-state index in [2.05, 4.69) is 49.9 Å². The van der Waals surface area contributed by atoms with Crippen molar-refractivity contribution in [2.24, 2.45) is 11.8 Å². The Hall–Kier alpha value is -0.610. The molecule has 21 heavy (non-hydrogen) atoms. The van der Waals surface area contributed by atoms with Gasteiger partial charge in [0, 0.05) is 6.04 Å². The van der Waals surface area contributed by atoms with Crippen molar-refractivity contribution in [3.05, 3.63) is 0 Å². The van der Waals surface area contributed by atoms with Crippen molar-refractivity contribution in [1.82, 2.24) is 15.1 Å². The Balaban J connectivity index is 2.08. The minimum atomic E-state index is 0.0356. The molecule has 4 heteroatoms. The summed E-state index contributed by atoms with van der Waals surface area (Å²) < 4.78 is 0. The van der Waals surface area contributed by atoms with Crippen molar-refractivity contribution in [2.75, 3.05) is 20.1 Å². The summed E-state index contributed by atoms with van der Waals surface area (Å²) in [5.74, 6) is 1.52. The summed E-state index contributed by atoms with van der Waals surface area (Å²) in [4.78, 5) is 17.4. The van der Waals surface area contributed by atoms with Crippen LogP contribution in [0.15, 0.2) is 0 Å². The maximum atomic E-state index is 12.9. The minimum Gasteiger partial charge on any atom is -0.323 e. The van der Waals surface area contributed by atoms with Crippen LogP contribution in [0.2, 0.25) is 0 Å². The molecule has 2 aliphatic heterocycles. The molecular weight excluding hydrogens is 262 g/mol. The monoisotopic (exact) mass is 295 g/mol. The highest BCUT2D eigenvalue weighted by Gasteiger charge is 2.42. The van der Waals surface area contributed by atoms with Gasteiger partial charge in [0.1, 0.15) is 0 Å². The first-order valence-electron chi connectivity index (χ1n) is 8.65. The Morgan fingerprint density at radius 1 is 1.10 bits per heavy atom. The van der Waals surface area contributed by atoms with Crippen molar-refractivity contribution in [3.63, 3.8) is 0 Å². The molecule has 0 aromatic rings. The van der Waals surface area contributed by atoms with Crippen molar-refractivity contribution in [2.45, 2.75) is 71.6 Å². The summed E-state index contributed by atoms with van der Waals surface area (Å²) in [6.07, 6.45) is 4.50. The van der Waals surface area contributed by atoms with Gasteiger partial charge in [-0.25, -0.2) is 0 Å². The molecule has 2 atom stereocenters. The summed E-state index contributed by atoms with van der Waals surface area (Å²) >= 11 is 0. The summed E-state index contributed by atoms with van der Waals surface area (Å²) in [7, 11) is 2.17. The minimum absolute atomic E-state index is 0.0356. The SMILES string of the molecule is CC(C)CC1NC(CC(C)C)N(C2CCN(C)CC2)C1=O. The standard InChI is InChI=1S/C17H33N3O/c1-12(2)10-15-17(21)20(16(18-15)11-13(3)4)14-6-8-19(5)9-7-14/h12-16,18H,6-11H2,1-5H3. The lowest BCUT2D eigenvalue weighted by Crippen LogP contribution is -2.49. The molecule has 0 radical (unpaired) electrons. The van der Waals surface area contributed by atoms with Gasteiger partial charge >= 0.3 is 0 Å². The van der Waals surface area contributed by atoms with E-state index in [1.165, 1.54) is 0 Å². The molecule has 0 saturated carbocycles. The molecule has 0 bridgehead atoms. The lowest BCUT2D eigenvalue weighted by molar-refractivity contribution is -0.133. The lowest BCUT2D eigenvalue weighted by Gasteiger charge is -2.38. The normalized spacial score (nSPS) is 29.1. The van der Waals surface area contributed by atoms with E-state index >= 15 is 0 Å². The van der Waals surface area contributed by atoms with E-state index in [4.69, 9.17) is 0 Å². The zero-order valence-electron chi connectivity index (χ0n) is 14.4. The van der Waals surface area contributed by atoms with Gasteiger partial charge in [0.2, 0.25) is 5.91 Å². The second-order valence-electron chi connectivity index (χ2n) is 7.77. The van der Waals surface area contributed by atoms with Crippen LogP contribution in [0, 0.1) is 11.8 Å². The highest BCUT2D eigenvalue weighted by Crippen LogP contribution is 2.27. The number of hydrogen-bond acceptors (Lipinski definition) is 3. The van der Waals surface area contributed by atoms with E-state index in [0.29, 0.717) is 23.8 Å². The summed E-state index contributed by atoms with van der Waals surface area (Å²) in [5.41, 5.74) is 0. The molecule has 122 valence electrons. The molecule has 2 heterocycles. The predicted octanol–water partition coefficient (Wildman–Crippen LogP) is 2.30. The van der Waals surface area contributed by atoms with Crippen LogP contribution in [-0.4, -0.2) is 54.1 Å². The van der Waals surface area contributed by atoms with Gasteiger partial charge in [0.25, 0.3) is 0 Å². The average molecular weight is 295 g/mol. The van der Waals surface area contributed by atoms with E-state index in [1.54, 1.807) is 0 Å². The van der Waals surface area contributed by atoms with Crippen molar-refractivity contribution >= 4 is 5.91 Å². The second-order valence-corrected chi connectivity index (χ2v) is 7.77. The quantitative estimate of drug-likeness (QED) is 0.845. The number of nitrogens with zero attached hydrogens (tertiary/aromatic N) is 2. The topological polar surface area (TPSA) is 35.6 Å². The van der Waals surface area contributed by atoms with Gasteiger partial charge in [-0.05, 0) is 57.7 Å². The van der Waals surface area contributed by atoms with Crippen LogP contribution in [0.25, 0.3) is 0 Å². The van der Waals surface area contributed by atoms with Crippen LogP contribution in [-0.2, 0) is 4.79 Å². The van der Waals surface area contributed by atoms with E-state index in [-0.39, 0.29) is 12.2 Å². The molecule has 2 aliphatic rings. The van der Waals surface area contributed by atoms with E-state index in [9.17, 15) is 4.79 Å². The van der Waals surface area contributed by atoms with Crippen molar-refractivity contribution < 1.29 is 4.79 Å². The number of nitrogens with one attached hydrogen (secondary N) is 1. The molecule has 0 aromatic carbocycles. The molecular formula is C17H33N3O. The van der Waals surface area contributed by atoms with E-state index in [0.717, 1.165) is 38.8 Å².